The quantitative estimate of drug-likeness (QED) is 0.234. The van der Waals surface area contributed by atoms with Crippen LogP contribution < -0.4 is 10.3 Å². The number of pyridine rings is 1. The molecule has 2 saturated carbocycles. The molecular weight excluding hydrogens is 397 g/mol. The number of benzene rings is 2. The van der Waals surface area contributed by atoms with E-state index in [2.05, 4.69) is 9.72 Å². The number of ether oxygens (including phenoxy) is 1. The number of carbonyl (C=O) groups is 1. The van der Waals surface area contributed by atoms with E-state index in [4.69, 9.17) is 0 Å². The molecule has 148 valence electrons. The summed E-state index contributed by atoms with van der Waals surface area (Å²) in [5.74, 6) is -14.2. The third-order valence-corrected chi connectivity index (χ3v) is 5.69. The SMILES string of the molecule is O=C(Oc1c(F)c(F)c(F)c(F)c1F)c1cc2ccc(C34CC3C4)cc2[nH]c1=O. The van der Waals surface area contributed by atoms with Crippen LogP contribution in [0.3, 0.4) is 0 Å². The van der Waals surface area contributed by atoms with Crippen LogP contribution in [-0.2, 0) is 5.41 Å². The second-order valence-electron chi connectivity index (χ2n) is 7.36. The number of fused-ring (bicyclic) bond motifs is 2. The molecule has 1 aromatic heterocycles. The van der Waals surface area contributed by atoms with Crippen LogP contribution in [0.25, 0.3) is 10.9 Å². The molecule has 0 unspecified atom stereocenters. The lowest BCUT2D eigenvalue weighted by Gasteiger charge is -2.10. The summed E-state index contributed by atoms with van der Waals surface area (Å²) in [5, 5.41) is 0.451. The molecular formula is C20H10F5NO3. The third-order valence-electron chi connectivity index (χ3n) is 5.69. The summed E-state index contributed by atoms with van der Waals surface area (Å²) >= 11 is 0. The van der Waals surface area contributed by atoms with Gasteiger partial charge in [-0.1, -0.05) is 12.1 Å². The average molecular weight is 407 g/mol. The second kappa shape index (κ2) is 5.65. The fourth-order valence-electron chi connectivity index (χ4n) is 3.66. The maximum Gasteiger partial charge on any atom is 0.349 e. The normalized spacial score (nSPS) is 21.8. The second-order valence-corrected chi connectivity index (χ2v) is 7.36. The Bertz CT molecular complexity index is 1260. The van der Waals surface area contributed by atoms with E-state index in [1.165, 1.54) is 0 Å². The summed E-state index contributed by atoms with van der Waals surface area (Å²) < 4.78 is 71.4. The van der Waals surface area contributed by atoms with Crippen LogP contribution in [0.4, 0.5) is 22.0 Å². The number of carbonyl (C=O) groups excluding carboxylic acids is 1. The van der Waals surface area contributed by atoms with Crippen molar-refractivity contribution in [3.8, 4) is 5.75 Å². The highest BCUT2D eigenvalue weighted by Gasteiger charge is 2.70. The molecule has 2 aromatic carbocycles. The number of nitrogens with one attached hydrogen (secondary N) is 1. The zero-order valence-electron chi connectivity index (χ0n) is 14.4. The molecule has 0 spiro atoms. The van der Waals surface area contributed by atoms with Crippen LogP contribution in [0.1, 0.15) is 28.8 Å². The Labute approximate surface area is 158 Å². The van der Waals surface area contributed by atoms with E-state index in [9.17, 15) is 31.5 Å². The van der Waals surface area contributed by atoms with Crippen LogP contribution in [-0.4, -0.2) is 11.0 Å². The molecule has 0 amide bonds. The molecule has 2 aliphatic carbocycles. The Morgan fingerprint density at radius 3 is 2.14 bits per heavy atom. The largest absolute Gasteiger partial charge is 0.416 e. The lowest BCUT2D eigenvalue weighted by Crippen LogP contribution is -2.22. The van der Waals surface area contributed by atoms with E-state index in [1.807, 2.05) is 12.1 Å². The van der Waals surface area contributed by atoms with Crippen LogP contribution in [0.5, 0.6) is 5.75 Å². The summed E-state index contributed by atoms with van der Waals surface area (Å²) in [6.07, 6.45) is 2.21. The Morgan fingerprint density at radius 1 is 0.966 bits per heavy atom. The number of H-pyrrole nitrogens is 1. The molecule has 2 fully saturated rings. The Hall–Kier alpha value is -3.23. The predicted octanol–water partition coefficient (Wildman–Crippen LogP) is 4.10. The molecule has 29 heavy (non-hydrogen) atoms. The fourth-order valence-corrected chi connectivity index (χ4v) is 3.66. The van der Waals surface area contributed by atoms with Gasteiger partial charge < -0.3 is 9.72 Å². The third kappa shape index (κ3) is 2.49. The van der Waals surface area contributed by atoms with Gasteiger partial charge in [-0.05, 0) is 47.3 Å². The zero-order chi connectivity index (χ0) is 20.7. The minimum atomic E-state index is -2.38. The first-order valence-electron chi connectivity index (χ1n) is 8.64. The monoisotopic (exact) mass is 407 g/mol. The number of hydrogen-bond donors (Lipinski definition) is 1. The van der Waals surface area contributed by atoms with Crippen molar-refractivity contribution >= 4 is 16.9 Å². The minimum Gasteiger partial charge on any atom is -0.416 e. The molecule has 4 nitrogen and oxygen atoms in total. The highest BCUT2D eigenvalue weighted by molar-refractivity contribution is 5.95. The van der Waals surface area contributed by atoms with Crippen molar-refractivity contribution in [1.29, 1.82) is 0 Å². The van der Waals surface area contributed by atoms with E-state index in [0.717, 1.165) is 24.5 Å². The zero-order valence-corrected chi connectivity index (χ0v) is 14.4. The standard InChI is InChI=1S/C20H10F5NO3/c21-12-13(22)15(24)17(16(25)14(12)23)29-19(28)10-3-7-1-2-8(20-5-9(20)6-20)4-11(7)26-18(10)27/h1-4,9H,5-6H2,(H,26,27). The first-order valence-corrected chi connectivity index (χ1v) is 8.64. The molecule has 0 atom stereocenters. The Kier molecular flexibility index (Phi) is 3.48. The summed E-state index contributed by atoms with van der Waals surface area (Å²) in [6.45, 7) is 0. The van der Waals surface area contributed by atoms with Gasteiger partial charge in [-0.15, -0.1) is 0 Å². The molecule has 0 bridgehead atoms. The number of hydrogen-bond acceptors (Lipinski definition) is 3. The van der Waals surface area contributed by atoms with E-state index in [-0.39, 0.29) is 5.41 Å². The highest BCUT2D eigenvalue weighted by atomic mass is 19.2. The molecule has 5 rings (SSSR count). The highest BCUT2D eigenvalue weighted by Crippen LogP contribution is 2.75. The maximum atomic E-state index is 13.7. The summed E-state index contributed by atoms with van der Waals surface area (Å²) in [7, 11) is 0. The van der Waals surface area contributed by atoms with Crippen molar-refractivity contribution in [2.24, 2.45) is 5.92 Å². The maximum absolute atomic E-state index is 13.7. The van der Waals surface area contributed by atoms with Crippen molar-refractivity contribution in [3.63, 3.8) is 0 Å². The van der Waals surface area contributed by atoms with Crippen molar-refractivity contribution in [3.05, 3.63) is 74.8 Å². The van der Waals surface area contributed by atoms with Gasteiger partial charge in [0.15, 0.2) is 0 Å². The number of halogens is 5. The van der Waals surface area contributed by atoms with Crippen molar-refractivity contribution < 1.29 is 31.5 Å². The van der Waals surface area contributed by atoms with Crippen molar-refractivity contribution in [2.75, 3.05) is 0 Å². The van der Waals surface area contributed by atoms with E-state index in [1.54, 1.807) is 6.07 Å². The Morgan fingerprint density at radius 2 is 1.55 bits per heavy atom. The topological polar surface area (TPSA) is 59.2 Å². The molecule has 2 aliphatic rings. The lowest BCUT2D eigenvalue weighted by atomic mass is 10.0. The van der Waals surface area contributed by atoms with Crippen molar-refractivity contribution in [2.45, 2.75) is 18.3 Å². The van der Waals surface area contributed by atoms with E-state index >= 15 is 0 Å². The van der Waals surface area contributed by atoms with E-state index < -0.39 is 51.9 Å². The number of esters is 1. The van der Waals surface area contributed by atoms with Gasteiger partial charge in [0, 0.05) is 5.52 Å². The number of aromatic amines is 1. The molecule has 0 radical (unpaired) electrons. The smallest absolute Gasteiger partial charge is 0.349 e. The number of aromatic nitrogens is 1. The van der Waals surface area contributed by atoms with Crippen LogP contribution in [0.2, 0.25) is 0 Å². The van der Waals surface area contributed by atoms with Gasteiger partial charge in [-0.25, -0.2) is 18.0 Å². The van der Waals surface area contributed by atoms with Gasteiger partial charge >= 0.3 is 5.97 Å². The van der Waals surface area contributed by atoms with Crippen LogP contribution in [0, 0.1) is 35.0 Å². The summed E-state index contributed by atoms with van der Waals surface area (Å²) in [5.41, 5.74) is 0.205. The molecule has 1 N–H and O–H groups in total. The fraction of sp³-hybridized carbons (Fsp3) is 0.200. The minimum absolute atomic E-state index is 0.203. The Balaban J connectivity index is 1.52. The first-order chi connectivity index (χ1) is 13.7. The lowest BCUT2D eigenvalue weighted by molar-refractivity contribution is 0.0714. The average Bonchev–Trinajstić information content (AvgIpc) is 3.58. The predicted molar refractivity (Wildman–Crippen MR) is 90.2 cm³/mol. The van der Waals surface area contributed by atoms with Crippen LogP contribution in [0.15, 0.2) is 29.1 Å². The van der Waals surface area contributed by atoms with Gasteiger partial charge in [0.2, 0.25) is 34.8 Å². The van der Waals surface area contributed by atoms with Gasteiger partial charge in [0.05, 0.1) is 0 Å². The summed E-state index contributed by atoms with van der Waals surface area (Å²) in [4.78, 5) is 27.0. The van der Waals surface area contributed by atoms with Gasteiger partial charge in [-0.3, -0.25) is 4.79 Å². The summed E-state index contributed by atoms with van der Waals surface area (Å²) in [6, 6.07) is 6.50. The van der Waals surface area contributed by atoms with Crippen molar-refractivity contribution in [1.82, 2.24) is 4.98 Å². The first kappa shape index (κ1) is 17.8. The van der Waals surface area contributed by atoms with Gasteiger partial charge in [-0.2, -0.15) is 8.78 Å². The molecule has 9 heteroatoms. The van der Waals surface area contributed by atoms with Crippen LogP contribution >= 0.6 is 0 Å². The molecule has 0 aliphatic heterocycles. The number of rotatable bonds is 3. The molecule has 3 aromatic rings. The van der Waals surface area contributed by atoms with Gasteiger partial charge in [0.25, 0.3) is 5.56 Å². The molecule has 1 heterocycles. The molecule has 0 saturated heterocycles. The van der Waals surface area contributed by atoms with E-state index in [0.29, 0.717) is 16.8 Å². The van der Waals surface area contributed by atoms with Gasteiger partial charge in [0.1, 0.15) is 5.56 Å².